The number of halogens is 1. The van der Waals surface area contributed by atoms with Crippen LogP contribution in [-0.4, -0.2) is 40.1 Å². The number of aromatic amines is 1. The minimum Gasteiger partial charge on any atom is -0.396 e. The number of fused-ring (bicyclic) bond motifs is 1. The number of aromatic nitrogens is 1. The van der Waals surface area contributed by atoms with Crippen LogP contribution in [0.1, 0.15) is 30.3 Å². The monoisotopic (exact) mass is 290 g/mol. The number of hydrogen-bond acceptors (Lipinski definition) is 2. The van der Waals surface area contributed by atoms with Crippen molar-refractivity contribution < 1.29 is 14.3 Å². The van der Waals surface area contributed by atoms with Gasteiger partial charge in [-0.15, -0.1) is 0 Å². The summed E-state index contributed by atoms with van der Waals surface area (Å²) < 4.78 is 13.7. The summed E-state index contributed by atoms with van der Waals surface area (Å²) >= 11 is 0. The van der Waals surface area contributed by atoms with Crippen LogP contribution in [0.2, 0.25) is 0 Å². The summed E-state index contributed by atoms with van der Waals surface area (Å²) in [6.45, 7) is 2.65. The summed E-state index contributed by atoms with van der Waals surface area (Å²) in [7, 11) is 0. The first-order valence-corrected chi connectivity index (χ1v) is 7.29. The second-order valence-electron chi connectivity index (χ2n) is 5.82. The highest BCUT2D eigenvalue weighted by Gasteiger charge is 2.30. The Bertz CT molecular complexity index is 667. The molecule has 0 spiro atoms. The Morgan fingerprint density at radius 3 is 3.00 bits per heavy atom. The van der Waals surface area contributed by atoms with Crippen LogP contribution in [0.5, 0.6) is 0 Å². The van der Waals surface area contributed by atoms with Gasteiger partial charge in [0.15, 0.2) is 0 Å². The molecule has 2 N–H and O–H groups in total. The average molecular weight is 290 g/mol. The molecule has 0 saturated carbocycles. The van der Waals surface area contributed by atoms with E-state index in [2.05, 4.69) is 4.98 Å². The topological polar surface area (TPSA) is 56.3 Å². The van der Waals surface area contributed by atoms with Crippen LogP contribution < -0.4 is 0 Å². The van der Waals surface area contributed by atoms with Gasteiger partial charge in [-0.05, 0) is 43.9 Å². The fourth-order valence-electron chi connectivity index (χ4n) is 3.00. The van der Waals surface area contributed by atoms with Crippen LogP contribution in [0.15, 0.2) is 24.3 Å². The van der Waals surface area contributed by atoms with Crippen molar-refractivity contribution in [2.45, 2.75) is 25.8 Å². The summed E-state index contributed by atoms with van der Waals surface area (Å²) in [4.78, 5) is 17.4. The third kappa shape index (κ3) is 2.53. The van der Waals surface area contributed by atoms with Crippen LogP contribution >= 0.6 is 0 Å². The summed E-state index contributed by atoms with van der Waals surface area (Å²) in [6, 6.07) is 6.47. The Morgan fingerprint density at radius 2 is 2.29 bits per heavy atom. The molecule has 1 fully saturated rings. The maximum atomic E-state index is 13.7. The molecule has 3 rings (SSSR count). The molecule has 4 nitrogen and oxygen atoms in total. The Labute approximate surface area is 122 Å². The molecule has 112 valence electrons. The van der Waals surface area contributed by atoms with E-state index >= 15 is 0 Å². The minimum absolute atomic E-state index is 0.0951. The molecule has 2 aromatic rings. The first kappa shape index (κ1) is 14.1. The molecule has 1 amide bonds. The lowest BCUT2D eigenvalue weighted by Gasteiger charge is -2.37. The van der Waals surface area contributed by atoms with Gasteiger partial charge in [0, 0.05) is 30.1 Å². The van der Waals surface area contributed by atoms with E-state index in [-0.39, 0.29) is 30.3 Å². The summed E-state index contributed by atoms with van der Waals surface area (Å²) in [5, 5.41) is 9.74. The zero-order valence-corrected chi connectivity index (χ0v) is 12.0. The van der Waals surface area contributed by atoms with Gasteiger partial charge >= 0.3 is 0 Å². The van der Waals surface area contributed by atoms with Gasteiger partial charge in [-0.1, -0.05) is 6.07 Å². The molecule has 1 aliphatic rings. The lowest BCUT2D eigenvalue weighted by molar-refractivity contribution is 0.0484. The number of aliphatic hydroxyl groups excluding tert-OH is 1. The molecule has 1 aromatic carbocycles. The molecule has 1 aliphatic heterocycles. The van der Waals surface area contributed by atoms with Crippen molar-refractivity contribution in [1.29, 1.82) is 0 Å². The fraction of sp³-hybridized carbons (Fsp3) is 0.438. The van der Waals surface area contributed by atoms with E-state index in [0.29, 0.717) is 23.1 Å². The Hall–Kier alpha value is -1.88. The van der Waals surface area contributed by atoms with E-state index in [0.717, 1.165) is 12.8 Å². The molecule has 0 aliphatic carbocycles. The van der Waals surface area contributed by atoms with Crippen LogP contribution in [0, 0.1) is 11.7 Å². The van der Waals surface area contributed by atoms with E-state index in [4.69, 9.17) is 0 Å². The molecule has 2 heterocycles. The number of benzene rings is 1. The van der Waals surface area contributed by atoms with Crippen LogP contribution in [0.3, 0.4) is 0 Å². The number of rotatable bonds is 2. The number of carbonyl (C=O) groups excluding carboxylic acids is 1. The van der Waals surface area contributed by atoms with Crippen molar-refractivity contribution in [3.63, 3.8) is 0 Å². The highest BCUT2D eigenvalue weighted by Crippen LogP contribution is 2.25. The molecule has 1 saturated heterocycles. The number of amides is 1. The van der Waals surface area contributed by atoms with Gasteiger partial charge in [-0.25, -0.2) is 4.39 Å². The number of piperidine rings is 1. The van der Waals surface area contributed by atoms with Gasteiger partial charge in [-0.3, -0.25) is 4.79 Å². The number of nitrogens with one attached hydrogen (secondary N) is 1. The lowest BCUT2D eigenvalue weighted by Crippen LogP contribution is -2.46. The highest BCUT2D eigenvalue weighted by molar-refractivity contribution is 5.98. The summed E-state index contributed by atoms with van der Waals surface area (Å²) in [5.74, 6) is -0.328. The average Bonchev–Trinajstić information content (AvgIpc) is 2.93. The third-order valence-electron chi connectivity index (χ3n) is 4.34. The van der Waals surface area contributed by atoms with Gasteiger partial charge in [0.2, 0.25) is 0 Å². The van der Waals surface area contributed by atoms with Crippen molar-refractivity contribution in [1.82, 2.24) is 9.88 Å². The summed E-state index contributed by atoms with van der Waals surface area (Å²) in [6.07, 6.45) is 1.81. The fourth-order valence-corrected chi connectivity index (χ4v) is 3.00. The predicted molar refractivity (Wildman–Crippen MR) is 78.6 cm³/mol. The second-order valence-corrected chi connectivity index (χ2v) is 5.82. The number of carbonyl (C=O) groups is 1. The van der Waals surface area contributed by atoms with Crippen molar-refractivity contribution in [3.8, 4) is 0 Å². The van der Waals surface area contributed by atoms with Crippen molar-refractivity contribution >= 4 is 16.8 Å². The first-order valence-electron chi connectivity index (χ1n) is 7.29. The molecule has 1 aromatic heterocycles. The Kier molecular flexibility index (Phi) is 3.68. The van der Waals surface area contributed by atoms with Crippen molar-refractivity contribution in [2.24, 2.45) is 5.92 Å². The number of hydrogen-bond donors (Lipinski definition) is 2. The lowest BCUT2D eigenvalue weighted by atomic mass is 9.94. The SMILES string of the molecule is CC1CCC(CO)CN1C(=O)c1cc2c(F)cccc2[nH]1. The smallest absolute Gasteiger partial charge is 0.270 e. The normalized spacial score (nSPS) is 22.7. The largest absolute Gasteiger partial charge is 0.396 e. The van der Waals surface area contributed by atoms with E-state index in [1.807, 2.05) is 6.92 Å². The molecule has 2 atom stereocenters. The maximum Gasteiger partial charge on any atom is 0.270 e. The molecule has 21 heavy (non-hydrogen) atoms. The standard InChI is InChI=1S/C16H19FN2O2/c1-10-5-6-11(9-20)8-19(10)16(21)15-7-12-13(17)3-2-4-14(12)18-15/h2-4,7,10-11,18,20H,5-6,8-9H2,1H3. The maximum absolute atomic E-state index is 13.7. The second kappa shape index (κ2) is 5.48. The zero-order chi connectivity index (χ0) is 15.0. The quantitative estimate of drug-likeness (QED) is 0.893. The van der Waals surface area contributed by atoms with Crippen LogP contribution in [0.4, 0.5) is 4.39 Å². The molecule has 0 bridgehead atoms. The third-order valence-corrected chi connectivity index (χ3v) is 4.34. The number of likely N-dealkylation sites (tertiary alicyclic amines) is 1. The molecule has 2 unspecified atom stereocenters. The molecule has 5 heteroatoms. The highest BCUT2D eigenvalue weighted by atomic mass is 19.1. The molecular formula is C16H19FN2O2. The molecular weight excluding hydrogens is 271 g/mol. The van der Waals surface area contributed by atoms with E-state index in [1.165, 1.54) is 6.07 Å². The van der Waals surface area contributed by atoms with Gasteiger partial charge in [0.25, 0.3) is 5.91 Å². The Morgan fingerprint density at radius 1 is 1.48 bits per heavy atom. The predicted octanol–water partition coefficient (Wildman–Crippen LogP) is 2.54. The first-order chi connectivity index (χ1) is 10.1. The van der Waals surface area contributed by atoms with E-state index in [9.17, 15) is 14.3 Å². The Balaban J connectivity index is 1.90. The van der Waals surface area contributed by atoms with Crippen molar-refractivity contribution in [3.05, 3.63) is 35.8 Å². The van der Waals surface area contributed by atoms with Crippen LogP contribution in [0.25, 0.3) is 10.9 Å². The number of H-pyrrole nitrogens is 1. The van der Waals surface area contributed by atoms with Gasteiger partial charge in [0.1, 0.15) is 11.5 Å². The van der Waals surface area contributed by atoms with E-state index in [1.54, 1.807) is 23.1 Å². The van der Waals surface area contributed by atoms with E-state index < -0.39 is 0 Å². The van der Waals surface area contributed by atoms with Crippen molar-refractivity contribution in [2.75, 3.05) is 13.2 Å². The van der Waals surface area contributed by atoms with Gasteiger partial charge in [0.05, 0.1) is 0 Å². The van der Waals surface area contributed by atoms with Gasteiger partial charge in [-0.2, -0.15) is 0 Å². The number of aliphatic hydroxyl groups is 1. The summed E-state index contributed by atoms with van der Waals surface area (Å²) in [5.41, 5.74) is 1.03. The molecule has 0 radical (unpaired) electrons. The van der Waals surface area contributed by atoms with Crippen LogP contribution in [-0.2, 0) is 0 Å². The van der Waals surface area contributed by atoms with Gasteiger partial charge < -0.3 is 15.0 Å². The number of nitrogens with zero attached hydrogens (tertiary/aromatic N) is 1. The zero-order valence-electron chi connectivity index (χ0n) is 12.0. The minimum atomic E-state index is -0.331.